The lowest BCUT2D eigenvalue weighted by atomic mass is 9.88. The van der Waals surface area contributed by atoms with Crippen LogP contribution in [0.2, 0.25) is 0 Å². The summed E-state index contributed by atoms with van der Waals surface area (Å²) >= 11 is 0. The predicted molar refractivity (Wildman–Crippen MR) is 80.7 cm³/mol. The minimum atomic E-state index is -0.605. The topological polar surface area (TPSA) is 55.4 Å². The third kappa shape index (κ3) is 4.59. The zero-order chi connectivity index (χ0) is 15.1. The maximum absolute atomic E-state index is 12.3. The van der Waals surface area contributed by atoms with E-state index in [1.54, 1.807) is 0 Å². The molecule has 1 N–H and O–H groups in total. The number of esters is 1. The fraction of sp³-hybridized carbons (Fsp3) is 0.529. The van der Waals surface area contributed by atoms with Gasteiger partial charge in [0.1, 0.15) is 6.04 Å². The van der Waals surface area contributed by atoms with E-state index >= 15 is 0 Å². The first-order chi connectivity index (χ1) is 10.2. The quantitative estimate of drug-likeness (QED) is 0.847. The van der Waals surface area contributed by atoms with Gasteiger partial charge in [-0.1, -0.05) is 49.6 Å². The van der Waals surface area contributed by atoms with Crippen molar-refractivity contribution in [3.8, 4) is 0 Å². The molecule has 0 saturated heterocycles. The Morgan fingerprint density at radius 1 is 1.19 bits per heavy atom. The molecule has 0 aromatic heterocycles. The van der Waals surface area contributed by atoms with Crippen LogP contribution in [0.4, 0.5) is 0 Å². The SMILES string of the molecule is COC(=O)C(Cc1ccccc1)NC(=O)C1CCCCC1. The minimum Gasteiger partial charge on any atom is -0.467 e. The summed E-state index contributed by atoms with van der Waals surface area (Å²) in [6.07, 6.45) is 5.70. The van der Waals surface area contributed by atoms with Gasteiger partial charge in [0, 0.05) is 12.3 Å². The highest BCUT2D eigenvalue weighted by Gasteiger charge is 2.27. The number of rotatable bonds is 5. The lowest BCUT2D eigenvalue weighted by molar-refractivity contribution is -0.145. The molecule has 1 aromatic rings. The summed E-state index contributed by atoms with van der Waals surface area (Å²) in [5.41, 5.74) is 1.01. The zero-order valence-electron chi connectivity index (χ0n) is 12.5. The van der Waals surface area contributed by atoms with E-state index in [1.165, 1.54) is 13.5 Å². The fourth-order valence-corrected chi connectivity index (χ4v) is 2.84. The molecule has 1 fully saturated rings. The maximum atomic E-state index is 12.3. The lowest BCUT2D eigenvalue weighted by Gasteiger charge is -2.24. The van der Waals surface area contributed by atoms with E-state index in [0.717, 1.165) is 31.2 Å². The van der Waals surface area contributed by atoms with Crippen LogP contribution < -0.4 is 5.32 Å². The van der Waals surface area contributed by atoms with Gasteiger partial charge in [0.15, 0.2) is 0 Å². The molecule has 2 rings (SSSR count). The van der Waals surface area contributed by atoms with Crippen LogP contribution in [-0.2, 0) is 20.7 Å². The van der Waals surface area contributed by atoms with Crippen molar-refractivity contribution < 1.29 is 14.3 Å². The molecule has 1 unspecified atom stereocenters. The summed E-state index contributed by atoms with van der Waals surface area (Å²) in [4.78, 5) is 24.2. The van der Waals surface area contributed by atoms with Gasteiger partial charge in [0.2, 0.25) is 5.91 Å². The highest BCUT2D eigenvalue weighted by Crippen LogP contribution is 2.23. The van der Waals surface area contributed by atoms with Crippen molar-refractivity contribution in [3.05, 3.63) is 35.9 Å². The third-order valence-electron chi connectivity index (χ3n) is 4.06. The van der Waals surface area contributed by atoms with Crippen LogP contribution in [0.25, 0.3) is 0 Å². The molecule has 1 aliphatic carbocycles. The average Bonchev–Trinajstić information content (AvgIpc) is 2.55. The van der Waals surface area contributed by atoms with Gasteiger partial charge in [-0.3, -0.25) is 4.79 Å². The standard InChI is InChI=1S/C17H23NO3/c1-21-17(20)15(12-13-8-4-2-5-9-13)18-16(19)14-10-6-3-7-11-14/h2,4-5,8-9,14-15H,3,6-7,10-12H2,1H3,(H,18,19). The molecular weight excluding hydrogens is 266 g/mol. The molecule has 1 amide bonds. The van der Waals surface area contributed by atoms with Gasteiger partial charge >= 0.3 is 5.97 Å². The minimum absolute atomic E-state index is 0.0129. The number of methoxy groups -OCH3 is 1. The number of carbonyl (C=O) groups is 2. The summed E-state index contributed by atoms with van der Waals surface area (Å²) in [7, 11) is 1.35. The Balaban J connectivity index is 1.99. The predicted octanol–water partition coefficient (Wildman–Crippen LogP) is 2.47. The molecule has 0 bridgehead atoms. The number of hydrogen-bond acceptors (Lipinski definition) is 3. The van der Waals surface area contributed by atoms with Gasteiger partial charge in [-0.05, 0) is 18.4 Å². The summed E-state index contributed by atoms with van der Waals surface area (Å²) < 4.78 is 4.82. The highest BCUT2D eigenvalue weighted by molar-refractivity contribution is 5.86. The molecule has 21 heavy (non-hydrogen) atoms. The van der Waals surface area contributed by atoms with E-state index in [9.17, 15) is 9.59 Å². The number of carbonyl (C=O) groups excluding carboxylic acids is 2. The van der Waals surface area contributed by atoms with Crippen LogP contribution in [0.15, 0.2) is 30.3 Å². The molecule has 4 nitrogen and oxygen atoms in total. The first-order valence-corrected chi connectivity index (χ1v) is 7.63. The first kappa shape index (κ1) is 15.5. The molecule has 4 heteroatoms. The second-order valence-corrected chi connectivity index (χ2v) is 5.61. The second kappa shape index (κ2) is 7.81. The Morgan fingerprint density at radius 2 is 1.86 bits per heavy atom. The zero-order valence-corrected chi connectivity index (χ0v) is 12.5. The normalized spacial score (nSPS) is 17.0. The lowest BCUT2D eigenvalue weighted by Crippen LogP contribution is -2.45. The molecule has 0 radical (unpaired) electrons. The van der Waals surface area contributed by atoms with E-state index < -0.39 is 6.04 Å². The van der Waals surface area contributed by atoms with Crippen molar-refractivity contribution in [2.45, 2.75) is 44.6 Å². The monoisotopic (exact) mass is 289 g/mol. The number of nitrogens with one attached hydrogen (secondary N) is 1. The van der Waals surface area contributed by atoms with Crippen molar-refractivity contribution >= 4 is 11.9 Å². The molecule has 0 aliphatic heterocycles. The van der Waals surface area contributed by atoms with Crippen LogP contribution in [0, 0.1) is 5.92 Å². The van der Waals surface area contributed by atoms with Gasteiger partial charge in [-0.25, -0.2) is 4.79 Å². The number of benzene rings is 1. The third-order valence-corrected chi connectivity index (χ3v) is 4.06. The van der Waals surface area contributed by atoms with Crippen molar-refractivity contribution in [1.29, 1.82) is 0 Å². The van der Waals surface area contributed by atoms with E-state index in [2.05, 4.69) is 5.32 Å². The molecular formula is C17H23NO3. The smallest absolute Gasteiger partial charge is 0.328 e. The number of amides is 1. The Hall–Kier alpha value is -1.84. The van der Waals surface area contributed by atoms with Crippen LogP contribution in [-0.4, -0.2) is 25.0 Å². The molecule has 0 spiro atoms. The van der Waals surface area contributed by atoms with Crippen LogP contribution >= 0.6 is 0 Å². The van der Waals surface area contributed by atoms with Gasteiger partial charge in [0.25, 0.3) is 0 Å². The molecule has 0 heterocycles. The van der Waals surface area contributed by atoms with Crippen LogP contribution in [0.1, 0.15) is 37.7 Å². The summed E-state index contributed by atoms with van der Waals surface area (Å²) in [6.45, 7) is 0. The van der Waals surface area contributed by atoms with Gasteiger partial charge in [-0.15, -0.1) is 0 Å². The summed E-state index contributed by atoms with van der Waals surface area (Å²) in [6, 6.07) is 9.06. The van der Waals surface area contributed by atoms with Crippen molar-refractivity contribution in [2.75, 3.05) is 7.11 Å². The second-order valence-electron chi connectivity index (χ2n) is 5.61. The Bertz CT molecular complexity index is 466. The Morgan fingerprint density at radius 3 is 2.48 bits per heavy atom. The Kier molecular flexibility index (Phi) is 5.78. The van der Waals surface area contributed by atoms with Crippen molar-refractivity contribution in [3.63, 3.8) is 0 Å². The van der Waals surface area contributed by atoms with E-state index in [-0.39, 0.29) is 17.8 Å². The van der Waals surface area contributed by atoms with E-state index in [1.807, 2.05) is 30.3 Å². The summed E-state index contributed by atoms with van der Waals surface area (Å²) in [5.74, 6) is -0.356. The Labute approximate surface area is 125 Å². The van der Waals surface area contributed by atoms with Gasteiger partial charge < -0.3 is 10.1 Å². The molecule has 1 aliphatic rings. The molecule has 1 saturated carbocycles. The van der Waals surface area contributed by atoms with Crippen LogP contribution in [0.5, 0.6) is 0 Å². The maximum Gasteiger partial charge on any atom is 0.328 e. The fourth-order valence-electron chi connectivity index (χ4n) is 2.84. The number of ether oxygens (including phenoxy) is 1. The molecule has 1 aromatic carbocycles. The summed E-state index contributed by atoms with van der Waals surface area (Å²) in [5, 5.41) is 2.87. The highest BCUT2D eigenvalue weighted by atomic mass is 16.5. The average molecular weight is 289 g/mol. The first-order valence-electron chi connectivity index (χ1n) is 7.63. The number of hydrogen-bond donors (Lipinski definition) is 1. The van der Waals surface area contributed by atoms with Crippen LogP contribution in [0.3, 0.4) is 0 Å². The van der Waals surface area contributed by atoms with E-state index in [4.69, 9.17) is 4.74 Å². The van der Waals surface area contributed by atoms with Gasteiger partial charge in [0.05, 0.1) is 7.11 Å². The largest absolute Gasteiger partial charge is 0.467 e. The van der Waals surface area contributed by atoms with E-state index in [0.29, 0.717) is 6.42 Å². The van der Waals surface area contributed by atoms with Gasteiger partial charge in [-0.2, -0.15) is 0 Å². The molecule has 114 valence electrons. The van der Waals surface area contributed by atoms with Crippen molar-refractivity contribution in [2.24, 2.45) is 5.92 Å². The molecule has 1 atom stereocenters. The van der Waals surface area contributed by atoms with Crippen molar-refractivity contribution in [1.82, 2.24) is 5.32 Å².